The molecule has 1 aromatic carbocycles. The molecule has 6 nitrogen and oxygen atoms in total. The highest BCUT2D eigenvalue weighted by molar-refractivity contribution is 6.33. The fraction of sp³-hybridized carbons (Fsp3) is 0.353. The molecule has 2 heterocycles. The summed E-state index contributed by atoms with van der Waals surface area (Å²) in [7, 11) is 0. The number of benzene rings is 1. The molecule has 1 saturated heterocycles. The van der Waals surface area contributed by atoms with E-state index < -0.39 is 0 Å². The zero-order chi connectivity index (χ0) is 17.1. The van der Waals surface area contributed by atoms with Crippen LogP contribution in [0.2, 0.25) is 5.02 Å². The Balaban J connectivity index is 1.85. The van der Waals surface area contributed by atoms with Gasteiger partial charge in [0, 0.05) is 24.8 Å². The molecule has 126 valence electrons. The second kappa shape index (κ2) is 7.05. The first-order chi connectivity index (χ1) is 11.5. The van der Waals surface area contributed by atoms with Gasteiger partial charge in [-0.15, -0.1) is 0 Å². The summed E-state index contributed by atoms with van der Waals surface area (Å²) in [5.74, 6) is 0.253. The molecule has 0 atom stereocenters. The Morgan fingerprint density at radius 3 is 2.71 bits per heavy atom. The lowest BCUT2D eigenvalue weighted by molar-refractivity contribution is -0.116. The average Bonchev–Trinajstić information content (AvgIpc) is 3.06. The number of hydrogen-bond donors (Lipinski definition) is 1. The molecule has 0 unspecified atom stereocenters. The summed E-state index contributed by atoms with van der Waals surface area (Å²) in [6, 6.07) is 8.45. The van der Waals surface area contributed by atoms with Crippen LogP contribution in [-0.4, -0.2) is 28.5 Å². The van der Waals surface area contributed by atoms with E-state index in [9.17, 15) is 9.59 Å². The molecule has 0 spiro atoms. The van der Waals surface area contributed by atoms with E-state index in [0.29, 0.717) is 22.4 Å². The second-order valence-corrected chi connectivity index (χ2v) is 6.25. The normalized spacial score (nSPS) is 14.0. The molecular weight excluding hydrogens is 328 g/mol. The first-order valence-corrected chi connectivity index (χ1v) is 8.30. The molecule has 1 aromatic heterocycles. The van der Waals surface area contributed by atoms with Crippen molar-refractivity contribution in [1.29, 1.82) is 0 Å². The van der Waals surface area contributed by atoms with Crippen LogP contribution in [0.4, 0.5) is 11.6 Å². The van der Waals surface area contributed by atoms with Gasteiger partial charge in [0.05, 0.1) is 10.7 Å². The van der Waals surface area contributed by atoms with Gasteiger partial charge in [0.2, 0.25) is 11.9 Å². The van der Waals surface area contributed by atoms with Crippen molar-refractivity contribution < 1.29 is 4.79 Å². The van der Waals surface area contributed by atoms with E-state index in [4.69, 9.17) is 11.6 Å². The summed E-state index contributed by atoms with van der Waals surface area (Å²) in [6.45, 7) is 3.39. The van der Waals surface area contributed by atoms with Gasteiger partial charge in [-0.2, -0.15) is 0 Å². The summed E-state index contributed by atoms with van der Waals surface area (Å²) in [6.07, 6.45) is 2.13. The fourth-order valence-electron chi connectivity index (χ4n) is 2.81. The number of carbonyl (C=O) groups is 1. The number of amides is 1. The molecule has 7 heteroatoms. The monoisotopic (exact) mass is 346 g/mol. The minimum atomic E-state index is -0.309. The Hall–Kier alpha value is -2.34. The van der Waals surface area contributed by atoms with Crippen molar-refractivity contribution in [1.82, 2.24) is 9.55 Å². The molecule has 1 amide bonds. The molecular formula is C17H19ClN4O2. The van der Waals surface area contributed by atoms with Crippen LogP contribution < -0.4 is 15.8 Å². The lowest BCUT2D eigenvalue weighted by atomic mass is 10.3. The molecule has 1 N–H and O–H groups in total. The third-order valence-electron chi connectivity index (χ3n) is 3.95. The van der Waals surface area contributed by atoms with E-state index in [-0.39, 0.29) is 18.0 Å². The van der Waals surface area contributed by atoms with Crippen LogP contribution in [0.25, 0.3) is 0 Å². The van der Waals surface area contributed by atoms with Crippen LogP contribution in [0, 0.1) is 6.92 Å². The summed E-state index contributed by atoms with van der Waals surface area (Å²) in [4.78, 5) is 31.3. The number of carbonyl (C=O) groups excluding carboxylic acids is 1. The van der Waals surface area contributed by atoms with Crippen LogP contribution >= 0.6 is 11.6 Å². The van der Waals surface area contributed by atoms with Crippen LogP contribution in [0.1, 0.15) is 18.5 Å². The summed E-state index contributed by atoms with van der Waals surface area (Å²) < 4.78 is 1.42. The highest BCUT2D eigenvalue weighted by Gasteiger charge is 2.20. The average molecular weight is 347 g/mol. The van der Waals surface area contributed by atoms with Crippen LogP contribution in [0.5, 0.6) is 0 Å². The smallest absolute Gasteiger partial charge is 0.255 e. The van der Waals surface area contributed by atoms with E-state index in [2.05, 4.69) is 15.2 Å². The van der Waals surface area contributed by atoms with E-state index >= 15 is 0 Å². The van der Waals surface area contributed by atoms with Gasteiger partial charge < -0.3 is 10.2 Å². The van der Waals surface area contributed by atoms with Crippen molar-refractivity contribution in [3.05, 3.63) is 51.4 Å². The van der Waals surface area contributed by atoms with Crippen LogP contribution in [0.15, 0.2) is 35.1 Å². The Bertz CT molecular complexity index is 812. The van der Waals surface area contributed by atoms with Crippen molar-refractivity contribution in [2.24, 2.45) is 0 Å². The minimum absolute atomic E-state index is 0.0941. The van der Waals surface area contributed by atoms with E-state index in [1.807, 2.05) is 0 Å². The van der Waals surface area contributed by atoms with Crippen LogP contribution in [0.3, 0.4) is 0 Å². The number of nitrogens with one attached hydrogen (secondary N) is 1. The Labute approximate surface area is 145 Å². The molecule has 24 heavy (non-hydrogen) atoms. The summed E-state index contributed by atoms with van der Waals surface area (Å²) in [5, 5.41) is 3.20. The van der Waals surface area contributed by atoms with Crippen molar-refractivity contribution >= 4 is 29.1 Å². The maximum Gasteiger partial charge on any atom is 0.255 e. The van der Waals surface area contributed by atoms with Gasteiger partial charge in [-0.1, -0.05) is 23.7 Å². The van der Waals surface area contributed by atoms with Gasteiger partial charge in [0.1, 0.15) is 6.54 Å². The fourth-order valence-corrected chi connectivity index (χ4v) is 2.99. The maximum absolute atomic E-state index is 12.4. The van der Waals surface area contributed by atoms with Crippen molar-refractivity contribution in [3.8, 4) is 0 Å². The number of rotatable bonds is 4. The van der Waals surface area contributed by atoms with Gasteiger partial charge >= 0.3 is 0 Å². The maximum atomic E-state index is 12.4. The van der Waals surface area contributed by atoms with Gasteiger partial charge in [-0.25, -0.2) is 4.98 Å². The second-order valence-electron chi connectivity index (χ2n) is 5.84. The minimum Gasteiger partial charge on any atom is -0.342 e. The number of aryl methyl sites for hydroxylation is 1. The Morgan fingerprint density at radius 2 is 2.00 bits per heavy atom. The van der Waals surface area contributed by atoms with Gasteiger partial charge in [0.15, 0.2) is 0 Å². The van der Waals surface area contributed by atoms with Crippen molar-refractivity contribution in [2.75, 3.05) is 23.3 Å². The van der Waals surface area contributed by atoms with Gasteiger partial charge in [-0.3, -0.25) is 14.2 Å². The highest BCUT2D eigenvalue weighted by atomic mass is 35.5. The molecule has 1 aliphatic heterocycles. The van der Waals surface area contributed by atoms with Crippen LogP contribution in [-0.2, 0) is 11.3 Å². The largest absolute Gasteiger partial charge is 0.342 e. The summed E-state index contributed by atoms with van der Waals surface area (Å²) in [5.41, 5.74) is 0.961. The molecule has 0 bridgehead atoms. The quantitative estimate of drug-likeness (QED) is 0.923. The SMILES string of the molecule is Cc1cc(=O)n(CC(=O)Nc2ccccc2Cl)c(N2CCCC2)n1. The third kappa shape index (κ3) is 3.59. The molecule has 1 aliphatic rings. The topological polar surface area (TPSA) is 67.2 Å². The molecule has 0 aliphatic carbocycles. The Morgan fingerprint density at radius 1 is 1.29 bits per heavy atom. The molecule has 3 rings (SSSR count). The first kappa shape index (κ1) is 16.5. The molecule has 0 saturated carbocycles. The number of nitrogens with zero attached hydrogens (tertiary/aromatic N) is 3. The molecule has 0 radical (unpaired) electrons. The number of anilines is 2. The number of aromatic nitrogens is 2. The standard InChI is InChI=1S/C17H19ClN4O2/c1-12-10-16(24)22(17(19-12)21-8-4-5-9-21)11-15(23)20-14-7-3-2-6-13(14)18/h2-3,6-7,10H,4-5,8-9,11H2,1H3,(H,20,23). The highest BCUT2D eigenvalue weighted by Crippen LogP contribution is 2.21. The molecule has 1 fully saturated rings. The van der Waals surface area contributed by atoms with Gasteiger partial charge in [0.25, 0.3) is 5.56 Å². The lowest BCUT2D eigenvalue weighted by Crippen LogP contribution is -2.34. The van der Waals surface area contributed by atoms with Gasteiger partial charge in [-0.05, 0) is 31.9 Å². The predicted octanol–water partition coefficient (Wildman–Crippen LogP) is 2.44. The number of para-hydroxylation sites is 1. The van der Waals surface area contributed by atoms with E-state index in [1.165, 1.54) is 10.6 Å². The number of halogens is 1. The zero-order valence-electron chi connectivity index (χ0n) is 13.5. The van der Waals surface area contributed by atoms with Crippen molar-refractivity contribution in [2.45, 2.75) is 26.3 Å². The number of hydrogen-bond acceptors (Lipinski definition) is 4. The third-order valence-corrected chi connectivity index (χ3v) is 4.28. The molecule has 2 aromatic rings. The Kier molecular flexibility index (Phi) is 4.85. The lowest BCUT2D eigenvalue weighted by Gasteiger charge is -2.21. The summed E-state index contributed by atoms with van der Waals surface area (Å²) >= 11 is 6.05. The zero-order valence-corrected chi connectivity index (χ0v) is 14.2. The van der Waals surface area contributed by atoms with E-state index in [1.54, 1.807) is 31.2 Å². The predicted molar refractivity (Wildman–Crippen MR) is 94.8 cm³/mol. The van der Waals surface area contributed by atoms with E-state index in [0.717, 1.165) is 25.9 Å². The van der Waals surface area contributed by atoms with Crippen molar-refractivity contribution in [3.63, 3.8) is 0 Å². The first-order valence-electron chi connectivity index (χ1n) is 7.92.